The number of nitrogens with one attached hydrogen (secondary N) is 1. The van der Waals surface area contributed by atoms with Gasteiger partial charge in [0.1, 0.15) is 0 Å². The molecule has 0 saturated carbocycles. The van der Waals surface area contributed by atoms with Crippen LogP contribution < -0.4 is 10.2 Å². The lowest BCUT2D eigenvalue weighted by atomic mass is 10.0. The maximum atomic E-state index is 12.5. The van der Waals surface area contributed by atoms with Gasteiger partial charge in [-0.25, -0.2) is 0 Å². The van der Waals surface area contributed by atoms with Gasteiger partial charge in [-0.3, -0.25) is 9.59 Å². The van der Waals surface area contributed by atoms with Gasteiger partial charge in [-0.2, -0.15) is 0 Å². The third kappa shape index (κ3) is 3.40. The standard InChI is InChI=1S/C19H27N3O2/c1-3-14(4-2)19(24)22-11-9-21(10-12-22)16-6-7-17-15(13-16)5-8-18(23)20-17/h6-7,13-14H,3-5,8-12H2,1-2H3,(H,20,23). The van der Waals surface area contributed by atoms with E-state index in [1.807, 2.05) is 11.0 Å². The molecular weight excluding hydrogens is 302 g/mol. The quantitative estimate of drug-likeness (QED) is 0.924. The molecule has 130 valence electrons. The molecule has 0 bridgehead atoms. The lowest BCUT2D eigenvalue weighted by Gasteiger charge is -2.37. The Balaban J connectivity index is 1.63. The molecule has 1 aromatic rings. The molecule has 0 unspecified atom stereocenters. The maximum absolute atomic E-state index is 12.5. The maximum Gasteiger partial charge on any atom is 0.225 e. The number of fused-ring (bicyclic) bond motifs is 1. The molecule has 0 radical (unpaired) electrons. The van der Waals surface area contributed by atoms with Crippen LogP contribution in [-0.2, 0) is 16.0 Å². The number of anilines is 2. The average molecular weight is 329 g/mol. The Morgan fingerprint density at radius 2 is 1.83 bits per heavy atom. The average Bonchev–Trinajstić information content (AvgIpc) is 2.62. The normalized spacial score (nSPS) is 17.7. The first-order chi connectivity index (χ1) is 11.6. The van der Waals surface area contributed by atoms with Crippen LogP contribution in [0, 0.1) is 5.92 Å². The summed E-state index contributed by atoms with van der Waals surface area (Å²) >= 11 is 0. The van der Waals surface area contributed by atoms with Crippen LogP contribution in [0.5, 0.6) is 0 Å². The van der Waals surface area contributed by atoms with Crippen LogP contribution in [0.1, 0.15) is 38.7 Å². The lowest BCUT2D eigenvalue weighted by molar-refractivity contribution is -0.136. The van der Waals surface area contributed by atoms with E-state index in [9.17, 15) is 9.59 Å². The Kier molecular flexibility index (Phi) is 5.07. The van der Waals surface area contributed by atoms with Crippen molar-refractivity contribution in [3.05, 3.63) is 23.8 Å². The Morgan fingerprint density at radius 1 is 1.12 bits per heavy atom. The molecule has 5 nitrogen and oxygen atoms in total. The number of rotatable bonds is 4. The molecule has 2 heterocycles. The fourth-order valence-corrected chi connectivity index (χ4v) is 3.65. The number of aryl methyl sites for hydroxylation is 1. The predicted octanol–water partition coefficient (Wildman–Crippen LogP) is 2.66. The Labute approximate surface area is 144 Å². The van der Waals surface area contributed by atoms with Crippen molar-refractivity contribution >= 4 is 23.2 Å². The number of carbonyl (C=O) groups excluding carboxylic acids is 2. The van der Waals surface area contributed by atoms with Gasteiger partial charge in [-0.15, -0.1) is 0 Å². The molecule has 3 rings (SSSR count). The summed E-state index contributed by atoms with van der Waals surface area (Å²) in [7, 11) is 0. The summed E-state index contributed by atoms with van der Waals surface area (Å²) in [5.74, 6) is 0.584. The third-order valence-electron chi connectivity index (χ3n) is 5.28. The summed E-state index contributed by atoms with van der Waals surface area (Å²) in [6.07, 6.45) is 3.22. The van der Waals surface area contributed by atoms with Crippen LogP contribution in [0.4, 0.5) is 11.4 Å². The molecule has 2 aliphatic heterocycles. The van der Waals surface area contributed by atoms with E-state index in [1.54, 1.807) is 0 Å². The zero-order chi connectivity index (χ0) is 17.1. The van der Waals surface area contributed by atoms with Gasteiger partial charge < -0.3 is 15.1 Å². The van der Waals surface area contributed by atoms with E-state index in [0.29, 0.717) is 12.3 Å². The van der Waals surface area contributed by atoms with Gasteiger partial charge in [0.2, 0.25) is 11.8 Å². The van der Waals surface area contributed by atoms with Crippen LogP contribution >= 0.6 is 0 Å². The topological polar surface area (TPSA) is 52.7 Å². The Bertz CT molecular complexity index is 617. The monoisotopic (exact) mass is 329 g/mol. The summed E-state index contributed by atoms with van der Waals surface area (Å²) in [5.41, 5.74) is 3.35. The van der Waals surface area contributed by atoms with Crippen LogP contribution in [0.15, 0.2) is 18.2 Å². The van der Waals surface area contributed by atoms with E-state index in [-0.39, 0.29) is 11.8 Å². The molecule has 1 saturated heterocycles. The summed E-state index contributed by atoms with van der Waals surface area (Å²) in [6, 6.07) is 6.26. The van der Waals surface area contributed by atoms with Gasteiger partial charge in [0, 0.05) is 49.9 Å². The number of carbonyl (C=O) groups is 2. The van der Waals surface area contributed by atoms with E-state index in [1.165, 1.54) is 11.3 Å². The van der Waals surface area contributed by atoms with E-state index in [4.69, 9.17) is 0 Å². The van der Waals surface area contributed by atoms with Crippen molar-refractivity contribution in [1.82, 2.24) is 4.90 Å². The molecule has 5 heteroatoms. The largest absolute Gasteiger partial charge is 0.368 e. The van der Waals surface area contributed by atoms with Gasteiger partial charge >= 0.3 is 0 Å². The van der Waals surface area contributed by atoms with Gasteiger partial charge in [0.25, 0.3) is 0 Å². The Hall–Kier alpha value is -2.04. The molecule has 0 atom stereocenters. The van der Waals surface area contributed by atoms with Crippen LogP contribution in [0.2, 0.25) is 0 Å². The van der Waals surface area contributed by atoms with Crippen LogP contribution in [0.3, 0.4) is 0 Å². The van der Waals surface area contributed by atoms with Gasteiger partial charge in [-0.1, -0.05) is 13.8 Å². The summed E-state index contributed by atoms with van der Waals surface area (Å²) in [6.45, 7) is 7.52. The smallest absolute Gasteiger partial charge is 0.225 e. The van der Waals surface area contributed by atoms with Gasteiger partial charge in [0.15, 0.2) is 0 Å². The first-order valence-corrected chi connectivity index (χ1v) is 9.08. The molecule has 0 aromatic heterocycles. The molecule has 1 N–H and O–H groups in total. The molecule has 2 amide bonds. The van der Waals surface area contributed by atoms with E-state index in [0.717, 1.165) is 51.1 Å². The minimum absolute atomic E-state index is 0.101. The van der Waals surface area contributed by atoms with E-state index in [2.05, 4.69) is 36.2 Å². The molecule has 0 aliphatic carbocycles. The lowest BCUT2D eigenvalue weighted by Crippen LogP contribution is -2.50. The van der Waals surface area contributed by atoms with Gasteiger partial charge in [-0.05, 0) is 43.0 Å². The highest BCUT2D eigenvalue weighted by molar-refractivity contribution is 5.94. The highest BCUT2D eigenvalue weighted by atomic mass is 16.2. The first-order valence-electron chi connectivity index (χ1n) is 9.08. The van der Waals surface area contributed by atoms with Crippen molar-refractivity contribution < 1.29 is 9.59 Å². The molecule has 1 fully saturated rings. The summed E-state index contributed by atoms with van der Waals surface area (Å²) in [5, 5.41) is 2.93. The fraction of sp³-hybridized carbons (Fsp3) is 0.579. The van der Waals surface area contributed by atoms with Crippen molar-refractivity contribution in [2.75, 3.05) is 36.4 Å². The number of amides is 2. The second kappa shape index (κ2) is 7.24. The second-order valence-corrected chi connectivity index (χ2v) is 6.72. The second-order valence-electron chi connectivity index (χ2n) is 6.72. The highest BCUT2D eigenvalue weighted by Gasteiger charge is 2.26. The van der Waals surface area contributed by atoms with E-state index >= 15 is 0 Å². The molecule has 1 aromatic carbocycles. The number of hydrogen-bond acceptors (Lipinski definition) is 3. The van der Waals surface area contributed by atoms with Crippen molar-refractivity contribution in [3.8, 4) is 0 Å². The predicted molar refractivity (Wildman–Crippen MR) is 96.3 cm³/mol. The summed E-state index contributed by atoms with van der Waals surface area (Å²) in [4.78, 5) is 28.3. The minimum Gasteiger partial charge on any atom is -0.368 e. The number of benzene rings is 1. The third-order valence-corrected chi connectivity index (χ3v) is 5.28. The highest BCUT2D eigenvalue weighted by Crippen LogP contribution is 2.28. The first kappa shape index (κ1) is 16.8. The van der Waals surface area contributed by atoms with Gasteiger partial charge in [0.05, 0.1) is 0 Å². The number of hydrogen-bond donors (Lipinski definition) is 1. The molecule has 24 heavy (non-hydrogen) atoms. The SMILES string of the molecule is CCC(CC)C(=O)N1CCN(c2ccc3c(c2)CCC(=O)N3)CC1. The number of nitrogens with zero attached hydrogens (tertiary/aromatic N) is 2. The van der Waals surface area contributed by atoms with Crippen LogP contribution in [0.25, 0.3) is 0 Å². The summed E-state index contributed by atoms with van der Waals surface area (Å²) < 4.78 is 0. The minimum atomic E-state index is 0.101. The zero-order valence-corrected chi connectivity index (χ0v) is 14.7. The number of piperazine rings is 1. The fourth-order valence-electron chi connectivity index (χ4n) is 3.65. The zero-order valence-electron chi connectivity index (χ0n) is 14.7. The molecule has 0 spiro atoms. The van der Waals surface area contributed by atoms with Crippen molar-refractivity contribution in [2.24, 2.45) is 5.92 Å². The molecule has 2 aliphatic rings. The van der Waals surface area contributed by atoms with Crippen LogP contribution in [-0.4, -0.2) is 42.9 Å². The molecular formula is C19H27N3O2. The van der Waals surface area contributed by atoms with E-state index < -0.39 is 0 Å². The van der Waals surface area contributed by atoms with Crippen molar-refractivity contribution in [1.29, 1.82) is 0 Å². The Morgan fingerprint density at radius 3 is 2.50 bits per heavy atom. The van der Waals surface area contributed by atoms with Crippen molar-refractivity contribution in [3.63, 3.8) is 0 Å². The van der Waals surface area contributed by atoms with Crippen molar-refractivity contribution in [2.45, 2.75) is 39.5 Å².